The third-order valence-corrected chi connectivity index (χ3v) is 3.08. The van der Waals surface area contributed by atoms with E-state index >= 15 is 0 Å². The molecule has 0 aliphatic rings. The number of halogens is 4. The molecule has 0 aromatic heterocycles. The van der Waals surface area contributed by atoms with E-state index < -0.39 is 11.7 Å². The lowest BCUT2D eigenvalue weighted by Crippen LogP contribution is -2.04. The predicted molar refractivity (Wildman–Crippen MR) is 69.8 cm³/mol. The maximum atomic E-state index is 12.7. The summed E-state index contributed by atoms with van der Waals surface area (Å²) in [4.78, 5) is 0. The van der Waals surface area contributed by atoms with Crippen LogP contribution in [0.1, 0.15) is 11.1 Å². The van der Waals surface area contributed by atoms with Gasteiger partial charge in [-0.2, -0.15) is 13.2 Å². The number of hydrogen-bond acceptors (Lipinski definition) is 1. The van der Waals surface area contributed by atoms with Crippen LogP contribution in [0.25, 0.3) is 11.1 Å². The lowest BCUT2D eigenvalue weighted by molar-refractivity contribution is -0.137. The molecule has 0 unspecified atom stereocenters. The van der Waals surface area contributed by atoms with Gasteiger partial charge >= 0.3 is 6.18 Å². The fraction of sp³-hybridized carbons (Fsp3) is 0.143. The topological polar surface area (TPSA) is 26.0 Å². The van der Waals surface area contributed by atoms with Crippen LogP contribution in [-0.2, 0) is 12.7 Å². The van der Waals surface area contributed by atoms with Crippen molar-refractivity contribution in [3.8, 4) is 11.1 Å². The Labute approximate surface area is 113 Å². The van der Waals surface area contributed by atoms with E-state index in [1.807, 2.05) is 0 Å². The average molecular weight is 286 g/mol. The van der Waals surface area contributed by atoms with Crippen molar-refractivity contribution in [3.05, 3.63) is 58.6 Å². The second kappa shape index (κ2) is 5.23. The van der Waals surface area contributed by atoms with Crippen molar-refractivity contribution in [2.45, 2.75) is 12.7 Å². The first kappa shape index (κ1) is 13.9. The van der Waals surface area contributed by atoms with Crippen molar-refractivity contribution in [2.24, 2.45) is 5.73 Å². The summed E-state index contributed by atoms with van der Waals surface area (Å²) in [5.41, 5.74) is 6.62. The highest BCUT2D eigenvalue weighted by Gasteiger charge is 2.30. The molecule has 0 bridgehead atoms. The van der Waals surface area contributed by atoms with E-state index in [0.717, 1.165) is 17.7 Å². The second-order valence-electron chi connectivity index (χ2n) is 4.10. The highest BCUT2D eigenvalue weighted by atomic mass is 35.5. The highest BCUT2D eigenvalue weighted by Crippen LogP contribution is 2.34. The molecule has 100 valence electrons. The molecule has 2 rings (SSSR count). The summed E-state index contributed by atoms with van der Waals surface area (Å²) in [6, 6.07) is 10.2. The minimum absolute atomic E-state index is 0.336. The Kier molecular flexibility index (Phi) is 3.83. The average Bonchev–Trinajstić information content (AvgIpc) is 2.37. The van der Waals surface area contributed by atoms with Gasteiger partial charge in [0.05, 0.1) is 5.56 Å². The third kappa shape index (κ3) is 3.08. The minimum Gasteiger partial charge on any atom is -0.326 e. The molecule has 0 saturated carbocycles. The monoisotopic (exact) mass is 285 g/mol. The number of rotatable bonds is 2. The van der Waals surface area contributed by atoms with Crippen LogP contribution in [0.15, 0.2) is 42.5 Å². The zero-order chi connectivity index (χ0) is 14.0. The molecule has 0 atom stereocenters. The van der Waals surface area contributed by atoms with Gasteiger partial charge in [-0.3, -0.25) is 0 Å². The minimum atomic E-state index is -4.36. The predicted octanol–water partition coefficient (Wildman–Crippen LogP) is 4.48. The Morgan fingerprint density at radius 3 is 2.37 bits per heavy atom. The molecular formula is C14H11ClF3N. The van der Waals surface area contributed by atoms with Crippen molar-refractivity contribution >= 4 is 11.6 Å². The lowest BCUT2D eigenvalue weighted by Gasteiger charge is -2.10. The maximum Gasteiger partial charge on any atom is 0.416 e. The van der Waals surface area contributed by atoms with Crippen LogP contribution in [0.3, 0.4) is 0 Å². The molecule has 2 aromatic rings. The largest absolute Gasteiger partial charge is 0.416 e. The maximum absolute atomic E-state index is 12.7. The zero-order valence-corrected chi connectivity index (χ0v) is 10.6. The molecule has 2 N–H and O–H groups in total. The number of nitrogens with two attached hydrogens (primary N) is 1. The van der Waals surface area contributed by atoms with Crippen LogP contribution in [0, 0.1) is 0 Å². The van der Waals surface area contributed by atoms with E-state index in [1.165, 1.54) is 6.07 Å². The van der Waals surface area contributed by atoms with Crippen molar-refractivity contribution in [2.75, 3.05) is 0 Å². The molecule has 0 aliphatic heterocycles. The van der Waals surface area contributed by atoms with Gasteiger partial charge in [-0.15, -0.1) is 0 Å². The molecule has 0 amide bonds. The van der Waals surface area contributed by atoms with Crippen LogP contribution in [0.2, 0.25) is 5.02 Å². The highest BCUT2D eigenvalue weighted by molar-refractivity contribution is 6.33. The van der Waals surface area contributed by atoms with Gasteiger partial charge < -0.3 is 5.73 Å². The Morgan fingerprint density at radius 1 is 1.05 bits per heavy atom. The summed E-state index contributed by atoms with van der Waals surface area (Å²) in [7, 11) is 0. The van der Waals surface area contributed by atoms with Crippen LogP contribution in [0.4, 0.5) is 13.2 Å². The van der Waals surface area contributed by atoms with Gasteiger partial charge in [-0.1, -0.05) is 35.9 Å². The van der Waals surface area contributed by atoms with Gasteiger partial charge in [0, 0.05) is 17.1 Å². The molecule has 0 radical (unpaired) electrons. The summed E-state index contributed by atoms with van der Waals surface area (Å²) < 4.78 is 38.0. The zero-order valence-electron chi connectivity index (χ0n) is 9.84. The van der Waals surface area contributed by atoms with Gasteiger partial charge in [-0.25, -0.2) is 0 Å². The summed E-state index contributed by atoms with van der Waals surface area (Å²) >= 11 is 6.07. The Balaban J connectivity index is 2.48. The number of benzene rings is 2. The van der Waals surface area contributed by atoms with E-state index in [-0.39, 0.29) is 0 Å². The molecule has 1 nitrogen and oxygen atoms in total. The molecule has 0 fully saturated rings. The van der Waals surface area contributed by atoms with E-state index in [4.69, 9.17) is 17.3 Å². The Morgan fingerprint density at radius 2 is 1.79 bits per heavy atom. The first-order valence-corrected chi connectivity index (χ1v) is 5.96. The molecule has 5 heteroatoms. The van der Waals surface area contributed by atoms with Gasteiger partial charge in [0.1, 0.15) is 0 Å². The summed E-state index contributed by atoms with van der Waals surface area (Å²) in [6.07, 6.45) is -4.36. The fourth-order valence-corrected chi connectivity index (χ4v) is 2.10. The van der Waals surface area contributed by atoms with Crippen LogP contribution < -0.4 is 5.73 Å². The Bertz CT molecular complexity index is 593. The molecule has 0 aliphatic carbocycles. The van der Waals surface area contributed by atoms with E-state index in [9.17, 15) is 13.2 Å². The lowest BCUT2D eigenvalue weighted by atomic mass is 10.0. The summed E-state index contributed by atoms with van der Waals surface area (Å²) in [6.45, 7) is 0.336. The van der Waals surface area contributed by atoms with E-state index in [0.29, 0.717) is 22.7 Å². The second-order valence-corrected chi connectivity index (χ2v) is 4.50. The van der Waals surface area contributed by atoms with Crippen molar-refractivity contribution in [1.29, 1.82) is 0 Å². The van der Waals surface area contributed by atoms with E-state index in [1.54, 1.807) is 24.3 Å². The van der Waals surface area contributed by atoms with Crippen molar-refractivity contribution in [3.63, 3.8) is 0 Å². The van der Waals surface area contributed by atoms with Gasteiger partial charge in [0.15, 0.2) is 0 Å². The van der Waals surface area contributed by atoms with E-state index in [2.05, 4.69) is 0 Å². The molecule has 0 spiro atoms. The van der Waals surface area contributed by atoms with Crippen LogP contribution in [0.5, 0.6) is 0 Å². The normalized spacial score (nSPS) is 11.6. The molecule has 0 heterocycles. The quantitative estimate of drug-likeness (QED) is 0.865. The van der Waals surface area contributed by atoms with Crippen molar-refractivity contribution < 1.29 is 13.2 Å². The van der Waals surface area contributed by atoms with Gasteiger partial charge in [-0.05, 0) is 29.3 Å². The number of hydrogen-bond donors (Lipinski definition) is 1. The molecule has 0 saturated heterocycles. The fourth-order valence-electron chi connectivity index (χ4n) is 1.78. The summed E-state index contributed by atoms with van der Waals surface area (Å²) in [5, 5.41) is 0.391. The first-order valence-electron chi connectivity index (χ1n) is 5.58. The summed E-state index contributed by atoms with van der Waals surface area (Å²) in [5.74, 6) is 0. The van der Waals surface area contributed by atoms with Gasteiger partial charge in [0.2, 0.25) is 0 Å². The molecule has 2 aromatic carbocycles. The standard InChI is InChI=1S/C14H11ClF3N/c15-13-6-9(8-19)4-5-12(13)10-2-1-3-11(7-10)14(16,17)18/h1-7H,8,19H2. The first-order chi connectivity index (χ1) is 8.91. The van der Waals surface area contributed by atoms with Crippen molar-refractivity contribution in [1.82, 2.24) is 0 Å². The Hall–Kier alpha value is -1.52. The molecule has 19 heavy (non-hydrogen) atoms. The van der Waals surface area contributed by atoms with Crippen LogP contribution >= 0.6 is 11.6 Å². The smallest absolute Gasteiger partial charge is 0.326 e. The van der Waals surface area contributed by atoms with Gasteiger partial charge in [0.25, 0.3) is 0 Å². The third-order valence-electron chi connectivity index (χ3n) is 2.77. The van der Waals surface area contributed by atoms with Crippen LogP contribution in [-0.4, -0.2) is 0 Å². The SMILES string of the molecule is NCc1ccc(-c2cccc(C(F)(F)F)c2)c(Cl)c1. The molecular weight excluding hydrogens is 275 g/mol. The number of alkyl halides is 3.